The van der Waals surface area contributed by atoms with Crippen molar-refractivity contribution in [2.45, 2.75) is 30.4 Å². The summed E-state index contributed by atoms with van der Waals surface area (Å²) in [6.45, 7) is 10.4. The van der Waals surface area contributed by atoms with Crippen molar-refractivity contribution in [1.82, 2.24) is 0 Å². The predicted molar refractivity (Wildman–Crippen MR) is 62.1 cm³/mol. The van der Waals surface area contributed by atoms with E-state index < -0.39 is 0 Å². The Kier molecular flexibility index (Phi) is 3.21. The standard InChI is InChI=1S/C12H16S/c1-5-10-7-6-8-11(9-10)13-12(2,3)4/h5-9H,1H2,2-4H3. The van der Waals surface area contributed by atoms with Crippen LogP contribution in [0.1, 0.15) is 26.3 Å². The highest BCUT2D eigenvalue weighted by molar-refractivity contribution is 8.00. The van der Waals surface area contributed by atoms with Gasteiger partial charge >= 0.3 is 0 Å². The zero-order chi connectivity index (χ0) is 9.90. The molecule has 0 amide bonds. The van der Waals surface area contributed by atoms with E-state index in [1.165, 1.54) is 10.5 Å². The molecule has 1 heteroatoms. The van der Waals surface area contributed by atoms with E-state index in [0.29, 0.717) is 0 Å². The summed E-state index contributed by atoms with van der Waals surface area (Å²) in [4.78, 5) is 1.31. The minimum Gasteiger partial charge on any atom is -0.120 e. The number of rotatable bonds is 2. The van der Waals surface area contributed by atoms with Crippen LogP contribution in [-0.2, 0) is 0 Å². The maximum Gasteiger partial charge on any atom is 0.0122 e. The third-order valence-corrected chi connectivity index (χ3v) is 2.62. The van der Waals surface area contributed by atoms with E-state index in [-0.39, 0.29) is 4.75 Å². The van der Waals surface area contributed by atoms with Crippen molar-refractivity contribution in [3.05, 3.63) is 36.4 Å². The van der Waals surface area contributed by atoms with Crippen LogP contribution < -0.4 is 0 Å². The van der Waals surface area contributed by atoms with Crippen molar-refractivity contribution in [3.8, 4) is 0 Å². The summed E-state index contributed by atoms with van der Waals surface area (Å²) in [5.74, 6) is 0. The number of benzene rings is 1. The Morgan fingerprint density at radius 1 is 1.31 bits per heavy atom. The molecule has 0 aliphatic rings. The van der Waals surface area contributed by atoms with Gasteiger partial charge in [-0.25, -0.2) is 0 Å². The summed E-state index contributed by atoms with van der Waals surface area (Å²) >= 11 is 1.88. The quantitative estimate of drug-likeness (QED) is 0.632. The monoisotopic (exact) mass is 192 g/mol. The van der Waals surface area contributed by atoms with Gasteiger partial charge in [0.15, 0.2) is 0 Å². The van der Waals surface area contributed by atoms with Crippen LogP contribution in [0, 0.1) is 0 Å². The van der Waals surface area contributed by atoms with Crippen molar-refractivity contribution in [2.75, 3.05) is 0 Å². The first-order chi connectivity index (χ1) is 6.01. The highest BCUT2D eigenvalue weighted by Gasteiger charge is 2.11. The molecule has 1 aromatic rings. The molecule has 0 aliphatic heterocycles. The lowest BCUT2D eigenvalue weighted by Crippen LogP contribution is -2.06. The molecule has 13 heavy (non-hydrogen) atoms. The molecule has 70 valence electrons. The van der Waals surface area contributed by atoms with Crippen molar-refractivity contribution < 1.29 is 0 Å². The Balaban J connectivity index is 2.84. The highest BCUT2D eigenvalue weighted by atomic mass is 32.2. The second-order valence-electron chi connectivity index (χ2n) is 3.99. The lowest BCUT2D eigenvalue weighted by atomic mass is 10.2. The van der Waals surface area contributed by atoms with Gasteiger partial charge < -0.3 is 0 Å². The molecule has 0 spiro atoms. The van der Waals surface area contributed by atoms with Crippen LogP contribution in [0.15, 0.2) is 35.7 Å². The molecule has 1 aromatic carbocycles. The van der Waals surface area contributed by atoms with Crippen molar-refractivity contribution in [2.24, 2.45) is 0 Å². The zero-order valence-corrected chi connectivity index (χ0v) is 9.32. The topological polar surface area (TPSA) is 0 Å². The Hall–Kier alpha value is -0.690. The molecule has 0 unspecified atom stereocenters. The molecule has 0 heterocycles. The average Bonchev–Trinajstić information content (AvgIpc) is 2.01. The minimum absolute atomic E-state index is 0.278. The van der Waals surface area contributed by atoms with Gasteiger partial charge in [0, 0.05) is 9.64 Å². The normalized spacial score (nSPS) is 11.3. The molecular weight excluding hydrogens is 176 g/mol. The Morgan fingerprint density at radius 2 is 2.00 bits per heavy atom. The molecule has 0 nitrogen and oxygen atoms in total. The van der Waals surface area contributed by atoms with Crippen LogP contribution in [0.5, 0.6) is 0 Å². The molecule has 0 aliphatic carbocycles. The smallest absolute Gasteiger partial charge is 0.0122 e. The first-order valence-electron chi connectivity index (χ1n) is 4.43. The fraction of sp³-hybridized carbons (Fsp3) is 0.333. The van der Waals surface area contributed by atoms with E-state index in [9.17, 15) is 0 Å². The van der Waals surface area contributed by atoms with Gasteiger partial charge in [-0.2, -0.15) is 0 Å². The van der Waals surface area contributed by atoms with E-state index in [4.69, 9.17) is 0 Å². The number of thioether (sulfide) groups is 1. The fourth-order valence-corrected chi connectivity index (χ4v) is 2.11. The van der Waals surface area contributed by atoms with Crippen LogP contribution in [0.3, 0.4) is 0 Å². The van der Waals surface area contributed by atoms with E-state index in [0.717, 1.165) is 0 Å². The maximum atomic E-state index is 3.76. The van der Waals surface area contributed by atoms with Crippen LogP contribution in [-0.4, -0.2) is 4.75 Å². The van der Waals surface area contributed by atoms with Gasteiger partial charge in [0.25, 0.3) is 0 Å². The average molecular weight is 192 g/mol. The SMILES string of the molecule is C=Cc1cccc(SC(C)(C)C)c1. The molecule has 0 radical (unpaired) electrons. The molecule has 0 aromatic heterocycles. The van der Waals surface area contributed by atoms with Gasteiger partial charge in [-0.3, -0.25) is 0 Å². The third-order valence-electron chi connectivity index (χ3n) is 1.52. The summed E-state index contributed by atoms with van der Waals surface area (Å²) in [6.07, 6.45) is 1.88. The minimum atomic E-state index is 0.278. The van der Waals surface area contributed by atoms with Crippen molar-refractivity contribution >= 4 is 17.8 Å². The van der Waals surface area contributed by atoms with Gasteiger partial charge in [-0.05, 0) is 17.7 Å². The largest absolute Gasteiger partial charge is 0.120 e. The summed E-state index contributed by atoms with van der Waals surface area (Å²) in [5.41, 5.74) is 1.19. The van der Waals surface area contributed by atoms with Crippen molar-refractivity contribution in [1.29, 1.82) is 0 Å². The van der Waals surface area contributed by atoms with Crippen molar-refractivity contribution in [3.63, 3.8) is 0 Å². The van der Waals surface area contributed by atoms with E-state index in [2.05, 4.69) is 51.6 Å². The molecule has 0 atom stereocenters. The molecular formula is C12H16S. The molecule has 0 saturated heterocycles. The summed E-state index contributed by atoms with van der Waals surface area (Å²) in [7, 11) is 0. The number of hydrogen-bond acceptors (Lipinski definition) is 1. The van der Waals surface area contributed by atoms with Gasteiger partial charge in [0.05, 0.1) is 0 Å². The van der Waals surface area contributed by atoms with Gasteiger partial charge in [-0.15, -0.1) is 11.8 Å². The lowest BCUT2D eigenvalue weighted by Gasteiger charge is -2.17. The van der Waals surface area contributed by atoms with Gasteiger partial charge in [0.1, 0.15) is 0 Å². The van der Waals surface area contributed by atoms with Gasteiger partial charge in [0.2, 0.25) is 0 Å². The first kappa shape index (κ1) is 10.4. The number of hydrogen-bond donors (Lipinski definition) is 0. The molecule has 0 saturated carbocycles. The van der Waals surface area contributed by atoms with Crippen LogP contribution in [0.4, 0.5) is 0 Å². The van der Waals surface area contributed by atoms with Crippen LogP contribution >= 0.6 is 11.8 Å². The zero-order valence-electron chi connectivity index (χ0n) is 8.50. The van der Waals surface area contributed by atoms with E-state index in [1.54, 1.807) is 0 Å². The van der Waals surface area contributed by atoms with Crippen LogP contribution in [0.25, 0.3) is 6.08 Å². The summed E-state index contributed by atoms with van der Waals surface area (Å²) in [5, 5.41) is 0. The fourth-order valence-electron chi connectivity index (χ4n) is 1.06. The Labute approximate surface area is 85.1 Å². The molecule has 0 N–H and O–H groups in total. The maximum absolute atomic E-state index is 3.76. The predicted octanol–water partition coefficient (Wildman–Crippen LogP) is 4.22. The lowest BCUT2D eigenvalue weighted by molar-refractivity contribution is 0.803. The Bertz CT molecular complexity index is 294. The van der Waals surface area contributed by atoms with Gasteiger partial charge in [-0.1, -0.05) is 45.6 Å². The second-order valence-corrected chi connectivity index (χ2v) is 5.89. The van der Waals surface area contributed by atoms with E-state index in [1.807, 2.05) is 17.8 Å². The molecule has 1 rings (SSSR count). The van der Waals surface area contributed by atoms with Crippen LogP contribution in [0.2, 0.25) is 0 Å². The highest BCUT2D eigenvalue weighted by Crippen LogP contribution is 2.32. The second kappa shape index (κ2) is 4.01. The Morgan fingerprint density at radius 3 is 2.54 bits per heavy atom. The first-order valence-corrected chi connectivity index (χ1v) is 5.24. The molecule has 0 bridgehead atoms. The summed E-state index contributed by atoms with van der Waals surface area (Å²) in [6, 6.07) is 8.46. The molecule has 0 fully saturated rings. The summed E-state index contributed by atoms with van der Waals surface area (Å²) < 4.78 is 0.278. The third kappa shape index (κ3) is 3.69. The van der Waals surface area contributed by atoms with E-state index >= 15 is 0 Å².